The van der Waals surface area contributed by atoms with Crippen molar-refractivity contribution in [2.24, 2.45) is 0 Å². The van der Waals surface area contributed by atoms with Crippen LogP contribution in [0.25, 0.3) is 0 Å². The number of hydrogen-bond acceptors (Lipinski definition) is 3. The molecule has 1 aromatic heterocycles. The maximum absolute atomic E-state index is 6.08. The highest BCUT2D eigenvalue weighted by Gasteiger charge is 2.10. The van der Waals surface area contributed by atoms with Gasteiger partial charge in [0.2, 0.25) is 0 Å². The molecule has 0 atom stereocenters. The molecule has 1 aliphatic heterocycles. The minimum Gasteiger partial charge on any atom is -0.353 e. The largest absolute Gasteiger partial charge is 0.353 e. The summed E-state index contributed by atoms with van der Waals surface area (Å²) in [5.74, 6) is 1.01. The van der Waals surface area contributed by atoms with Gasteiger partial charge in [0, 0.05) is 19.6 Å². The average Bonchev–Trinajstić information content (AvgIpc) is 2.33. The topological polar surface area (TPSA) is 28.2 Å². The van der Waals surface area contributed by atoms with Crippen LogP contribution in [0, 0.1) is 0 Å². The molecule has 0 unspecified atom stereocenters. The van der Waals surface area contributed by atoms with Gasteiger partial charge in [0.15, 0.2) is 0 Å². The highest BCUT2D eigenvalue weighted by Crippen LogP contribution is 2.20. The molecule has 0 bridgehead atoms. The fourth-order valence-corrected chi connectivity index (χ4v) is 1.96. The van der Waals surface area contributed by atoms with Crippen LogP contribution in [0.2, 0.25) is 5.02 Å². The van der Waals surface area contributed by atoms with E-state index < -0.39 is 0 Å². The molecule has 0 saturated heterocycles. The minimum absolute atomic E-state index is 0.705. The summed E-state index contributed by atoms with van der Waals surface area (Å²) >= 11 is 6.08. The van der Waals surface area contributed by atoms with Crippen LogP contribution < -0.4 is 10.2 Å². The molecule has 86 valence electrons. The first-order valence-electron chi connectivity index (χ1n) is 5.51. The van der Waals surface area contributed by atoms with E-state index in [9.17, 15) is 0 Å². The number of anilines is 1. The van der Waals surface area contributed by atoms with E-state index in [0.717, 1.165) is 36.0 Å². The van der Waals surface area contributed by atoms with Crippen LogP contribution in [0.1, 0.15) is 12.1 Å². The Morgan fingerprint density at radius 1 is 1.44 bits per heavy atom. The second-order valence-electron chi connectivity index (χ2n) is 3.83. The van der Waals surface area contributed by atoms with E-state index >= 15 is 0 Å². The molecule has 0 saturated carbocycles. The van der Waals surface area contributed by atoms with E-state index in [0.29, 0.717) is 6.54 Å². The van der Waals surface area contributed by atoms with E-state index in [-0.39, 0.29) is 0 Å². The smallest absolute Gasteiger partial charge is 0.129 e. The Kier molecular flexibility index (Phi) is 3.80. The zero-order chi connectivity index (χ0) is 11.4. The molecular weight excluding hydrogens is 222 g/mol. The van der Waals surface area contributed by atoms with Crippen molar-refractivity contribution in [3.05, 3.63) is 35.0 Å². The summed E-state index contributed by atoms with van der Waals surface area (Å²) in [6, 6.07) is 3.91. The Labute approximate surface area is 101 Å². The van der Waals surface area contributed by atoms with Crippen molar-refractivity contribution < 1.29 is 0 Å². The number of rotatable bonds is 3. The van der Waals surface area contributed by atoms with Crippen molar-refractivity contribution in [2.75, 3.05) is 25.0 Å². The lowest BCUT2D eigenvalue weighted by Gasteiger charge is -2.25. The summed E-state index contributed by atoms with van der Waals surface area (Å²) in [6.45, 7) is 2.67. The third kappa shape index (κ3) is 2.54. The molecule has 0 aromatic carbocycles. The van der Waals surface area contributed by atoms with Gasteiger partial charge in [-0.2, -0.15) is 0 Å². The van der Waals surface area contributed by atoms with Crippen LogP contribution in [0.5, 0.6) is 0 Å². The van der Waals surface area contributed by atoms with E-state index in [4.69, 9.17) is 11.6 Å². The number of pyridine rings is 1. The predicted molar refractivity (Wildman–Crippen MR) is 68.0 cm³/mol. The standard InChI is InChI=1S/C12H16ClN3/c1-14-9-11-10(13)5-6-12(15-11)16-7-3-2-4-8-16/h2-3,5-6,14H,4,7-9H2,1H3. The minimum atomic E-state index is 0.705. The van der Waals surface area contributed by atoms with Crippen LogP contribution in [0.15, 0.2) is 24.3 Å². The van der Waals surface area contributed by atoms with Crippen LogP contribution >= 0.6 is 11.6 Å². The Balaban J connectivity index is 2.20. The lowest BCUT2D eigenvalue weighted by atomic mass is 10.2. The number of hydrogen-bond donors (Lipinski definition) is 1. The van der Waals surface area contributed by atoms with Crippen molar-refractivity contribution in [3.8, 4) is 0 Å². The van der Waals surface area contributed by atoms with Crippen LogP contribution in [-0.4, -0.2) is 25.1 Å². The molecule has 16 heavy (non-hydrogen) atoms. The third-order valence-corrected chi connectivity index (χ3v) is 2.97. The van der Waals surface area contributed by atoms with Gasteiger partial charge in [-0.25, -0.2) is 4.98 Å². The number of nitrogens with one attached hydrogen (secondary N) is 1. The van der Waals surface area contributed by atoms with Gasteiger partial charge in [0.25, 0.3) is 0 Å². The number of aromatic nitrogens is 1. The molecule has 1 aliphatic rings. The van der Waals surface area contributed by atoms with E-state index in [2.05, 4.69) is 27.4 Å². The molecule has 0 aliphatic carbocycles. The molecule has 4 heteroatoms. The monoisotopic (exact) mass is 237 g/mol. The highest BCUT2D eigenvalue weighted by molar-refractivity contribution is 6.31. The maximum Gasteiger partial charge on any atom is 0.129 e. The fraction of sp³-hybridized carbons (Fsp3) is 0.417. The average molecular weight is 238 g/mol. The first kappa shape index (κ1) is 11.4. The molecule has 0 amide bonds. The highest BCUT2D eigenvalue weighted by atomic mass is 35.5. The summed E-state index contributed by atoms with van der Waals surface area (Å²) < 4.78 is 0. The van der Waals surface area contributed by atoms with Crippen molar-refractivity contribution in [1.82, 2.24) is 10.3 Å². The first-order chi connectivity index (χ1) is 7.81. The third-order valence-electron chi connectivity index (χ3n) is 2.63. The van der Waals surface area contributed by atoms with Crippen molar-refractivity contribution in [3.63, 3.8) is 0 Å². The molecular formula is C12H16ClN3. The summed E-state index contributed by atoms with van der Waals surface area (Å²) in [5.41, 5.74) is 0.913. The number of nitrogens with zero attached hydrogens (tertiary/aromatic N) is 2. The van der Waals surface area contributed by atoms with E-state index in [1.165, 1.54) is 0 Å². The molecule has 0 fully saturated rings. The molecule has 1 aromatic rings. The molecule has 2 heterocycles. The van der Waals surface area contributed by atoms with Crippen LogP contribution in [0.4, 0.5) is 5.82 Å². The van der Waals surface area contributed by atoms with Gasteiger partial charge in [0.1, 0.15) is 5.82 Å². The zero-order valence-electron chi connectivity index (χ0n) is 9.41. The predicted octanol–water partition coefficient (Wildman–Crippen LogP) is 2.22. The quantitative estimate of drug-likeness (QED) is 0.818. The van der Waals surface area contributed by atoms with Gasteiger partial charge in [-0.1, -0.05) is 23.8 Å². The number of halogens is 1. The van der Waals surface area contributed by atoms with Gasteiger partial charge in [-0.15, -0.1) is 0 Å². The van der Waals surface area contributed by atoms with E-state index in [1.54, 1.807) is 0 Å². The van der Waals surface area contributed by atoms with Gasteiger partial charge in [-0.05, 0) is 25.6 Å². The van der Waals surface area contributed by atoms with Crippen LogP contribution in [0.3, 0.4) is 0 Å². The van der Waals surface area contributed by atoms with Gasteiger partial charge >= 0.3 is 0 Å². The summed E-state index contributed by atoms with van der Waals surface area (Å²) in [7, 11) is 1.90. The Hall–Kier alpha value is -1.06. The Morgan fingerprint density at radius 3 is 3.00 bits per heavy atom. The fourth-order valence-electron chi connectivity index (χ4n) is 1.79. The van der Waals surface area contributed by atoms with Crippen LogP contribution in [-0.2, 0) is 6.54 Å². The molecule has 1 N–H and O–H groups in total. The van der Waals surface area contributed by atoms with Crippen molar-refractivity contribution in [1.29, 1.82) is 0 Å². The normalized spacial score (nSPS) is 15.5. The Bertz CT molecular complexity index is 390. The lowest BCUT2D eigenvalue weighted by molar-refractivity contribution is 0.768. The first-order valence-corrected chi connectivity index (χ1v) is 5.89. The van der Waals surface area contributed by atoms with Gasteiger partial charge in [0.05, 0.1) is 10.7 Å². The lowest BCUT2D eigenvalue weighted by Crippen LogP contribution is -2.28. The van der Waals surface area contributed by atoms with Crippen molar-refractivity contribution in [2.45, 2.75) is 13.0 Å². The molecule has 0 radical (unpaired) electrons. The second kappa shape index (κ2) is 5.32. The summed E-state index contributed by atoms with van der Waals surface area (Å²) in [4.78, 5) is 6.84. The summed E-state index contributed by atoms with van der Waals surface area (Å²) in [5, 5.41) is 3.80. The zero-order valence-corrected chi connectivity index (χ0v) is 10.2. The van der Waals surface area contributed by atoms with Gasteiger partial charge < -0.3 is 10.2 Å². The molecule has 3 nitrogen and oxygen atoms in total. The van der Waals surface area contributed by atoms with Gasteiger partial charge in [-0.3, -0.25) is 0 Å². The van der Waals surface area contributed by atoms with E-state index in [1.807, 2.05) is 19.2 Å². The molecule has 0 spiro atoms. The van der Waals surface area contributed by atoms with Crippen molar-refractivity contribution >= 4 is 17.4 Å². The second-order valence-corrected chi connectivity index (χ2v) is 4.24. The maximum atomic E-state index is 6.08. The Morgan fingerprint density at radius 2 is 2.31 bits per heavy atom. The molecule has 2 rings (SSSR count). The SMILES string of the molecule is CNCc1nc(N2CC=CCC2)ccc1Cl. The summed E-state index contributed by atoms with van der Waals surface area (Å²) in [6.07, 6.45) is 5.48.